The Morgan fingerprint density at radius 1 is 0.523 bits per heavy atom. The van der Waals surface area contributed by atoms with Crippen LogP contribution in [0.15, 0.2) is 0 Å². The molecule has 6 heterocycles. The van der Waals surface area contributed by atoms with Gasteiger partial charge in [-0.1, -0.05) is 27.7 Å². The van der Waals surface area contributed by atoms with Gasteiger partial charge in [-0.05, 0) is 97.7 Å². The number of ether oxygens (including phenoxy) is 12. The molecule has 6 aliphatic heterocycles. The minimum absolute atomic E-state index is 0.0314. The first kappa shape index (κ1) is 67.7. The molecule has 17 N–H and O–H groups in total. The highest BCUT2D eigenvalue weighted by Gasteiger charge is 2.69. The van der Waals surface area contributed by atoms with Gasteiger partial charge < -0.3 is 144 Å². The maximum absolute atomic E-state index is 12.1. The molecule has 1 unspecified atom stereocenters. The van der Waals surface area contributed by atoms with Crippen molar-refractivity contribution in [2.45, 2.75) is 257 Å². The van der Waals surface area contributed by atoms with Gasteiger partial charge >= 0.3 is 0 Å². The Balaban J connectivity index is 0.776. The van der Waals surface area contributed by atoms with E-state index in [1.54, 1.807) is 7.11 Å². The van der Waals surface area contributed by atoms with Crippen LogP contribution in [-0.2, 0) is 56.8 Å². The molecule has 37 atom stereocenters. The van der Waals surface area contributed by atoms with Crippen LogP contribution in [0.4, 0.5) is 0 Å². The van der Waals surface area contributed by atoms with Crippen molar-refractivity contribution in [2.75, 3.05) is 46.8 Å². The van der Waals surface area contributed by atoms with Crippen molar-refractivity contribution in [1.29, 1.82) is 0 Å². The second kappa shape index (κ2) is 27.1. The van der Waals surface area contributed by atoms with E-state index < -0.39 is 198 Å². The van der Waals surface area contributed by atoms with Crippen molar-refractivity contribution >= 4 is 0 Å². The lowest BCUT2D eigenvalue weighted by Gasteiger charge is -2.62. The van der Waals surface area contributed by atoms with E-state index in [9.17, 15) is 86.8 Å². The zero-order valence-corrected chi connectivity index (χ0v) is 49.2. The molecule has 10 rings (SSSR count). The first-order chi connectivity index (χ1) is 40.8. The lowest BCUT2D eigenvalue weighted by molar-refractivity contribution is -0.404. The Labute approximate surface area is 498 Å². The van der Waals surface area contributed by atoms with Gasteiger partial charge in [-0.3, -0.25) is 0 Å². The van der Waals surface area contributed by atoms with Crippen LogP contribution in [0.3, 0.4) is 0 Å². The van der Waals surface area contributed by atoms with Crippen molar-refractivity contribution in [3.63, 3.8) is 0 Å². The molecule has 0 radical (unpaired) electrons. The molecule has 0 aromatic rings. The van der Waals surface area contributed by atoms with Gasteiger partial charge in [0.1, 0.15) is 116 Å². The number of aliphatic hydroxyl groups excluding tert-OH is 17. The largest absolute Gasteiger partial charge is 0.394 e. The SMILES string of the molecule is CO[C@]1(CC[C@H](C)CO[C@H]2O[C@@H](CO)[C@H](O)C(O)[C@H]2O)O[C@H]2C[C@H]3[C@@H]4CC[C@H]5C[C@H](O[C@H]6O[C@@H](CO)[C@@H](O[C@H]7O[C@@H](CO)[C@H](O)[C@H](O[C@H]8OC[C@H](O)[C@H](O)[C@H]8O)[C@H]7O[C@H]7O[C@@H](CO)[C@@H](O)[C@H](O)[C@H]7O)[C@H](O)[C@H]6O)[C@@H](O)C[C@@]5(C)[C@@H]4CC[C@@]3(C)[C@H]2[C@@H]1C. The van der Waals surface area contributed by atoms with Gasteiger partial charge in [0, 0.05) is 19.4 Å². The van der Waals surface area contributed by atoms with Crippen LogP contribution in [0.2, 0.25) is 0 Å². The molecule has 29 heteroatoms. The summed E-state index contributed by atoms with van der Waals surface area (Å²) in [4.78, 5) is 0. The van der Waals surface area contributed by atoms with E-state index in [4.69, 9.17) is 56.8 Å². The molecule has 29 nitrogen and oxygen atoms in total. The van der Waals surface area contributed by atoms with Gasteiger partial charge in [0.2, 0.25) is 0 Å². The van der Waals surface area contributed by atoms with E-state index in [2.05, 4.69) is 20.8 Å². The molecule has 498 valence electrons. The molecule has 10 aliphatic rings. The Kier molecular flexibility index (Phi) is 21.3. The Bertz CT molecular complexity index is 2190. The molecule has 0 spiro atoms. The summed E-state index contributed by atoms with van der Waals surface area (Å²) in [6.45, 7) is 5.32. The van der Waals surface area contributed by atoms with Crippen molar-refractivity contribution in [1.82, 2.24) is 0 Å². The van der Waals surface area contributed by atoms with Crippen LogP contribution in [0.25, 0.3) is 0 Å². The zero-order chi connectivity index (χ0) is 62.2. The zero-order valence-electron chi connectivity index (χ0n) is 49.2. The van der Waals surface area contributed by atoms with Crippen molar-refractivity contribution in [3.05, 3.63) is 0 Å². The molecular formula is C57H96O29. The Morgan fingerprint density at radius 3 is 1.73 bits per heavy atom. The van der Waals surface area contributed by atoms with Crippen molar-refractivity contribution < 1.29 is 144 Å². The smallest absolute Gasteiger partial charge is 0.187 e. The second-order valence-corrected chi connectivity index (χ2v) is 27.0. The van der Waals surface area contributed by atoms with Crippen LogP contribution < -0.4 is 0 Å². The van der Waals surface area contributed by atoms with E-state index in [1.807, 2.05) is 6.92 Å². The van der Waals surface area contributed by atoms with Crippen molar-refractivity contribution in [2.24, 2.45) is 52.3 Å². The van der Waals surface area contributed by atoms with Gasteiger partial charge in [0.15, 0.2) is 37.2 Å². The van der Waals surface area contributed by atoms with E-state index in [1.165, 1.54) is 0 Å². The third-order valence-electron chi connectivity index (χ3n) is 22.2. The summed E-state index contributed by atoms with van der Waals surface area (Å²) in [7, 11) is 1.69. The van der Waals surface area contributed by atoms with Gasteiger partial charge in [-0.25, -0.2) is 0 Å². The fourth-order valence-electron chi connectivity index (χ4n) is 17.2. The summed E-state index contributed by atoms with van der Waals surface area (Å²) in [6, 6.07) is 0. The number of fused-ring (bicyclic) bond motifs is 7. The normalized spacial score (nSPS) is 55.3. The summed E-state index contributed by atoms with van der Waals surface area (Å²) in [5, 5.41) is 182. The summed E-state index contributed by atoms with van der Waals surface area (Å²) >= 11 is 0. The summed E-state index contributed by atoms with van der Waals surface area (Å²) in [5.74, 6) is 0.500. The minimum Gasteiger partial charge on any atom is -0.394 e. The van der Waals surface area contributed by atoms with Crippen LogP contribution in [-0.4, -0.2) is 305 Å². The molecule has 0 bridgehead atoms. The second-order valence-electron chi connectivity index (χ2n) is 27.0. The topological polar surface area (TPSA) is 455 Å². The quantitative estimate of drug-likeness (QED) is 0.0536. The fraction of sp³-hybridized carbons (Fsp3) is 1.00. The maximum atomic E-state index is 12.1. The molecule has 4 saturated carbocycles. The predicted octanol–water partition coefficient (Wildman–Crippen LogP) is -5.87. The van der Waals surface area contributed by atoms with Crippen LogP contribution in [0.1, 0.15) is 85.5 Å². The molecule has 4 aliphatic carbocycles. The van der Waals surface area contributed by atoms with Gasteiger partial charge in [0.05, 0.1) is 58.0 Å². The number of hydrogen-bond donors (Lipinski definition) is 17. The number of methoxy groups -OCH3 is 1. The molecule has 0 aromatic carbocycles. The fourth-order valence-corrected chi connectivity index (χ4v) is 17.2. The standard InChI is InChI=1S/C57H96O29/c1-21(19-76-50-44(72)40(68)37(65)31(15-58)79-50)8-11-57(75-5)22(2)35-30(86-57)13-26-24-7-6-23-12-29(27(62)14-56(23,4)25(24)9-10-55(26,35)3)78-52-46(74)42(70)47(34(18-61)82-52)83-54-49(85-53-45(73)41(69)38(66)32(16-59)80-53)48(39(67)33(17-60)81-54)84-51-43(71)36(64)28(63)20-77-51/h21-54,58-74H,6-20H2,1-5H3/t21-,22-,23-,24+,25+,26-,27-,28-,29-,30-,31-,32-,33-,34-,35-,36-,37-,38+,39-,40?,41-,42+,43+,44+,45+,46+,47+,48-,49+,50-,51+,52-,53+,54+,55+,56+,57+/m0/s1. The van der Waals surface area contributed by atoms with E-state index in [0.717, 1.165) is 32.1 Å². The van der Waals surface area contributed by atoms with Gasteiger partial charge in [-0.2, -0.15) is 0 Å². The first-order valence-corrected chi connectivity index (χ1v) is 30.8. The highest BCUT2D eigenvalue weighted by Crippen LogP contribution is 2.71. The van der Waals surface area contributed by atoms with E-state index in [0.29, 0.717) is 37.5 Å². The lowest BCUT2D eigenvalue weighted by atomic mass is 9.44. The third-order valence-corrected chi connectivity index (χ3v) is 22.2. The third kappa shape index (κ3) is 12.2. The monoisotopic (exact) mass is 1240 g/mol. The maximum Gasteiger partial charge on any atom is 0.187 e. The number of aliphatic hydroxyl groups is 17. The number of hydrogen-bond acceptors (Lipinski definition) is 29. The first-order valence-electron chi connectivity index (χ1n) is 30.8. The highest BCUT2D eigenvalue weighted by atomic mass is 16.8. The highest BCUT2D eigenvalue weighted by molar-refractivity contribution is 5.16. The van der Waals surface area contributed by atoms with E-state index >= 15 is 0 Å². The summed E-state index contributed by atoms with van der Waals surface area (Å²) < 4.78 is 72.4. The number of rotatable bonds is 19. The lowest BCUT2D eigenvalue weighted by Crippen LogP contribution is -2.68. The van der Waals surface area contributed by atoms with Crippen molar-refractivity contribution in [3.8, 4) is 0 Å². The molecule has 0 aromatic heterocycles. The molecule has 0 amide bonds. The summed E-state index contributed by atoms with van der Waals surface area (Å²) in [5.41, 5.74) is -0.332. The molecule has 10 fully saturated rings. The van der Waals surface area contributed by atoms with Crippen LogP contribution in [0.5, 0.6) is 0 Å². The van der Waals surface area contributed by atoms with Gasteiger partial charge in [-0.15, -0.1) is 0 Å². The Morgan fingerprint density at radius 2 is 1.08 bits per heavy atom. The van der Waals surface area contributed by atoms with Gasteiger partial charge in [0.25, 0.3) is 0 Å². The average molecular weight is 1250 g/mol. The van der Waals surface area contributed by atoms with Crippen LogP contribution >= 0.6 is 0 Å². The molecular weight excluding hydrogens is 1150 g/mol. The minimum atomic E-state index is -2.04. The molecule has 86 heavy (non-hydrogen) atoms. The Hall–Kier alpha value is -1.16. The van der Waals surface area contributed by atoms with Crippen LogP contribution in [0, 0.1) is 52.3 Å². The van der Waals surface area contributed by atoms with E-state index in [-0.39, 0.29) is 53.1 Å². The predicted molar refractivity (Wildman–Crippen MR) is 284 cm³/mol. The average Bonchev–Trinajstić information content (AvgIpc) is 1.60. The molecule has 6 saturated heterocycles. The summed E-state index contributed by atoms with van der Waals surface area (Å²) in [6.07, 6.45) is -36.5.